The Kier molecular flexibility index (Phi) is 5.13. The van der Waals surface area contributed by atoms with Gasteiger partial charge in [-0.1, -0.05) is 36.7 Å². The van der Waals surface area contributed by atoms with E-state index in [2.05, 4.69) is 48.1 Å². The van der Waals surface area contributed by atoms with Gasteiger partial charge in [-0.05, 0) is 30.5 Å². The van der Waals surface area contributed by atoms with Crippen molar-refractivity contribution in [3.05, 3.63) is 22.7 Å². The molecule has 0 saturated heterocycles. The van der Waals surface area contributed by atoms with Gasteiger partial charge < -0.3 is 10.1 Å². The number of nitrogens with one attached hydrogen (secondary N) is 1. The summed E-state index contributed by atoms with van der Waals surface area (Å²) in [5.74, 6) is 1.50. The Morgan fingerprint density at radius 1 is 1.38 bits per heavy atom. The zero-order valence-corrected chi connectivity index (χ0v) is 12.0. The molecular formula is C13H20BrNO. The second kappa shape index (κ2) is 6.14. The number of methoxy groups -OCH3 is 1. The number of anilines is 1. The number of benzene rings is 1. The maximum Gasteiger partial charge on any atom is 0.142 e. The first-order chi connectivity index (χ1) is 7.58. The van der Waals surface area contributed by atoms with Crippen molar-refractivity contribution >= 4 is 21.6 Å². The first-order valence-electron chi connectivity index (χ1n) is 5.68. The van der Waals surface area contributed by atoms with Gasteiger partial charge in [0.05, 0.1) is 12.8 Å². The SMILES string of the molecule is CCC(Nc1cc(Br)ccc1OC)C(C)C. The zero-order chi connectivity index (χ0) is 12.1. The maximum absolute atomic E-state index is 5.34. The standard InChI is InChI=1S/C13H20BrNO/c1-5-11(9(2)3)15-12-8-10(14)6-7-13(12)16-4/h6-9,11,15H,5H2,1-4H3. The Balaban J connectivity index is 2.89. The summed E-state index contributed by atoms with van der Waals surface area (Å²) in [6.45, 7) is 6.65. The molecule has 1 aromatic rings. The predicted octanol–water partition coefficient (Wildman–Crippen LogP) is 4.30. The number of halogens is 1. The normalized spacial score (nSPS) is 12.6. The van der Waals surface area contributed by atoms with E-state index >= 15 is 0 Å². The van der Waals surface area contributed by atoms with E-state index in [4.69, 9.17) is 4.74 Å². The summed E-state index contributed by atoms with van der Waals surface area (Å²) >= 11 is 3.48. The Labute approximate surface area is 107 Å². The van der Waals surface area contributed by atoms with Gasteiger partial charge in [-0.2, -0.15) is 0 Å². The lowest BCUT2D eigenvalue weighted by atomic mass is 10.0. The first kappa shape index (κ1) is 13.4. The lowest BCUT2D eigenvalue weighted by molar-refractivity contribution is 0.414. The highest BCUT2D eigenvalue weighted by molar-refractivity contribution is 9.10. The van der Waals surface area contributed by atoms with Gasteiger partial charge in [0.15, 0.2) is 0 Å². The minimum absolute atomic E-state index is 0.475. The summed E-state index contributed by atoms with van der Waals surface area (Å²) in [6.07, 6.45) is 1.10. The summed E-state index contributed by atoms with van der Waals surface area (Å²) in [5, 5.41) is 3.53. The largest absolute Gasteiger partial charge is 0.495 e. The summed E-state index contributed by atoms with van der Waals surface area (Å²) < 4.78 is 6.41. The van der Waals surface area contributed by atoms with Gasteiger partial charge >= 0.3 is 0 Å². The van der Waals surface area contributed by atoms with E-state index < -0.39 is 0 Å². The molecule has 1 unspecified atom stereocenters. The van der Waals surface area contributed by atoms with E-state index in [0.29, 0.717) is 12.0 Å². The fraction of sp³-hybridized carbons (Fsp3) is 0.538. The third-order valence-corrected chi connectivity index (χ3v) is 3.24. The van der Waals surface area contributed by atoms with Crippen molar-refractivity contribution in [3.8, 4) is 5.75 Å². The van der Waals surface area contributed by atoms with Crippen molar-refractivity contribution in [3.63, 3.8) is 0 Å². The molecule has 0 radical (unpaired) electrons. The fourth-order valence-electron chi connectivity index (χ4n) is 1.73. The number of rotatable bonds is 5. The Bertz CT molecular complexity index is 339. The van der Waals surface area contributed by atoms with E-state index in [-0.39, 0.29) is 0 Å². The van der Waals surface area contributed by atoms with Crippen molar-refractivity contribution in [1.82, 2.24) is 0 Å². The van der Waals surface area contributed by atoms with Crippen LogP contribution < -0.4 is 10.1 Å². The van der Waals surface area contributed by atoms with Crippen LogP contribution in [-0.2, 0) is 0 Å². The second-order valence-corrected chi connectivity index (χ2v) is 5.16. The van der Waals surface area contributed by atoms with Crippen LogP contribution in [0.3, 0.4) is 0 Å². The molecule has 1 atom stereocenters. The molecule has 3 heteroatoms. The van der Waals surface area contributed by atoms with Crippen LogP contribution in [0.5, 0.6) is 5.75 Å². The summed E-state index contributed by atoms with van der Waals surface area (Å²) in [7, 11) is 1.70. The smallest absolute Gasteiger partial charge is 0.142 e. The topological polar surface area (TPSA) is 21.3 Å². The predicted molar refractivity (Wildman–Crippen MR) is 73.2 cm³/mol. The van der Waals surface area contributed by atoms with E-state index in [9.17, 15) is 0 Å². The Morgan fingerprint density at radius 3 is 2.56 bits per heavy atom. The highest BCUT2D eigenvalue weighted by Crippen LogP contribution is 2.29. The molecule has 1 aromatic carbocycles. The molecule has 90 valence electrons. The average molecular weight is 286 g/mol. The Hall–Kier alpha value is -0.700. The van der Waals surface area contributed by atoms with E-state index in [1.807, 2.05) is 12.1 Å². The van der Waals surface area contributed by atoms with Gasteiger partial charge in [-0.15, -0.1) is 0 Å². The lowest BCUT2D eigenvalue weighted by Crippen LogP contribution is -2.24. The summed E-state index contributed by atoms with van der Waals surface area (Å²) in [4.78, 5) is 0. The van der Waals surface area contributed by atoms with Gasteiger partial charge in [-0.3, -0.25) is 0 Å². The Morgan fingerprint density at radius 2 is 2.06 bits per heavy atom. The molecule has 16 heavy (non-hydrogen) atoms. The van der Waals surface area contributed by atoms with Crippen LogP contribution in [0.4, 0.5) is 5.69 Å². The zero-order valence-electron chi connectivity index (χ0n) is 10.4. The van der Waals surface area contributed by atoms with Gasteiger partial charge in [0.1, 0.15) is 5.75 Å². The molecule has 0 aromatic heterocycles. The van der Waals surface area contributed by atoms with E-state index in [1.165, 1.54) is 0 Å². The number of ether oxygens (including phenoxy) is 1. The van der Waals surface area contributed by atoms with Crippen molar-refractivity contribution in [2.75, 3.05) is 12.4 Å². The highest BCUT2D eigenvalue weighted by Gasteiger charge is 2.13. The van der Waals surface area contributed by atoms with Crippen LogP contribution in [0.25, 0.3) is 0 Å². The van der Waals surface area contributed by atoms with Gasteiger partial charge in [0.25, 0.3) is 0 Å². The molecule has 0 bridgehead atoms. The maximum atomic E-state index is 5.34. The molecule has 0 saturated carbocycles. The van der Waals surface area contributed by atoms with Crippen LogP contribution in [0.15, 0.2) is 22.7 Å². The minimum Gasteiger partial charge on any atom is -0.495 e. The van der Waals surface area contributed by atoms with Gasteiger partial charge in [-0.25, -0.2) is 0 Å². The van der Waals surface area contributed by atoms with Gasteiger partial charge in [0, 0.05) is 10.5 Å². The lowest BCUT2D eigenvalue weighted by Gasteiger charge is -2.23. The number of hydrogen-bond donors (Lipinski definition) is 1. The van der Waals surface area contributed by atoms with Crippen LogP contribution in [0.1, 0.15) is 27.2 Å². The monoisotopic (exact) mass is 285 g/mol. The molecule has 0 aliphatic heterocycles. The minimum atomic E-state index is 0.475. The van der Waals surface area contributed by atoms with Crippen LogP contribution in [0, 0.1) is 5.92 Å². The molecular weight excluding hydrogens is 266 g/mol. The average Bonchev–Trinajstić information content (AvgIpc) is 2.25. The molecule has 1 rings (SSSR count). The van der Waals surface area contributed by atoms with Crippen molar-refractivity contribution in [1.29, 1.82) is 0 Å². The summed E-state index contributed by atoms with van der Waals surface area (Å²) in [5.41, 5.74) is 1.05. The molecule has 0 aliphatic rings. The molecule has 0 heterocycles. The summed E-state index contributed by atoms with van der Waals surface area (Å²) in [6, 6.07) is 6.49. The third kappa shape index (κ3) is 3.41. The fourth-order valence-corrected chi connectivity index (χ4v) is 2.09. The third-order valence-electron chi connectivity index (χ3n) is 2.75. The molecule has 2 nitrogen and oxygen atoms in total. The van der Waals surface area contributed by atoms with Crippen molar-refractivity contribution < 1.29 is 4.74 Å². The van der Waals surface area contributed by atoms with Crippen LogP contribution in [0.2, 0.25) is 0 Å². The van der Waals surface area contributed by atoms with Crippen LogP contribution in [-0.4, -0.2) is 13.2 Å². The van der Waals surface area contributed by atoms with Crippen molar-refractivity contribution in [2.24, 2.45) is 5.92 Å². The number of hydrogen-bond acceptors (Lipinski definition) is 2. The molecule has 0 fully saturated rings. The molecule has 0 spiro atoms. The van der Waals surface area contributed by atoms with E-state index in [0.717, 1.165) is 22.3 Å². The highest BCUT2D eigenvalue weighted by atomic mass is 79.9. The molecule has 1 N–H and O–H groups in total. The first-order valence-corrected chi connectivity index (χ1v) is 6.47. The van der Waals surface area contributed by atoms with Crippen LogP contribution >= 0.6 is 15.9 Å². The molecule has 0 aliphatic carbocycles. The van der Waals surface area contributed by atoms with Crippen molar-refractivity contribution in [2.45, 2.75) is 33.2 Å². The van der Waals surface area contributed by atoms with E-state index in [1.54, 1.807) is 7.11 Å². The quantitative estimate of drug-likeness (QED) is 0.871. The second-order valence-electron chi connectivity index (χ2n) is 4.25. The molecule has 0 amide bonds. The van der Waals surface area contributed by atoms with Gasteiger partial charge in [0.2, 0.25) is 0 Å².